The molecule has 0 aliphatic heterocycles. The molecule has 0 saturated carbocycles. The van der Waals surface area contributed by atoms with E-state index in [-0.39, 0.29) is 11.2 Å². The molecule has 0 radical (unpaired) electrons. The number of nitrogens with one attached hydrogen (secondary N) is 1. The van der Waals surface area contributed by atoms with Crippen molar-refractivity contribution in [1.29, 1.82) is 0 Å². The fraction of sp³-hybridized carbons (Fsp3) is 0.312. The maximum absolute atomic E-state index is 5.79. The first kappa shape index (κ1) is 18.3. The van der Waals surface area contributed by atoms with Crippen LogP contribution in [0.15, 0.2) is 34.7 Å². The fourth-order valence-corrected chi connectivity index (χ4v) is 4.02. The van der Waals surface area contributed by atoms with Crippen LogP contribution in [0.25, 0.3) is 0 Å². The van der Waals surface area contributed by atoms with E-state index in [2.05, 4.69) is 42.6 Å². The topological polar surface area (TPSA) is 106 Å². The number of thioether (sulfide) groups is 1. The lowest BCUT2D eigenvalue weighted by molar-refractivity contribution is 0.863. The van der Waals surface area contributed by atoms with Gasteiger partial charge in [0.2, 0.25) is 17.0 Å². The first-order valence-corrected chi connectivity index (χ1v) is 9.67. The van der Waals surface area contributed by atoms with Crippen molar-refractivity contribution >= 4 is 40.1 Å². The molecule has 2 heterocycles. The van der Waals surface area contributed by atoms with Gasteiger partial charge in [-0.1, -0.05) is 53.4 Å². The summed E-state index contributed by atoms with van der Waals surface area (Å²) in [4.78, 5) is 14.6. The number of nitrogens with two attached hydrogens (primary N) is 1. The molecule has 0 spiro atoms. The Balaban J connectivity index is 1.63. The van der Waals surface area contributed by atoms with Gasteiger partial charge in [-0.05, 0) is 12.5 Å². The van der Waals surface area contributed by atoms with Crippen molar-refractivity contribution in [2.24, 2.45) is 0 Å². The average Bonchev–Trinajstić information content (AvgIpc) is 3.07. The standard InChI is InChI=1S/C16H20N8S2/c1-10(12-19-13(17)21-14(20-12)24(2)3)25-16-23-22-15(26-16)18-9-11-7-5-4-6-8-11/h4-8,10H,9H2,1-3H3,(H,18,22)(H2,17,19,20,21). The number of nitrogen functional groups attached to an aromatic ring is 1. The molecule has 136 valence electrons. The summed E-state index contributed by atoms with van der Waals surface area (Å²) in [5, 5.41) is 12.5. The lowest BCUT2D eigenvalue weighted by Crippen LogP contribution is -2.16. The molecule has 0 bridgehead atoms. The highest BCUT2D eigenvalue weighted by atomic mass is 32.2. The van der Waals surface area contributed by atoms with E-state index < -0.39 is 0 Å². The van der Waals surface area contributed by atoms with E-state index in [1.807, 2.05) is 39.2 Å². The molecule has 0 amide bonds. The third kappa shape index (κ3) is 4.79. The van der Waals surface area contributed by atoms with Crippen molar-refractivity contribution in [2.45, 2.75) is 23.1 Å². The summed E-state index contributed by atoms with van der Waals surface area (Å²) >= 11 is 3.05. The molecule has 3 rings (SSSR count). The van der Waals surface area contributed by atoms with Crippen molar-refractivity contribution in [3.05, 3.63) is 41.7 Å². The zero-order valence-electron chi connectivity index (χ0n) is 14.7. The van der Waals surface area contributed by atoms with Crippen molar-refractivity contribution in [1.82, 2.24) is 25.1 Å². The summed E-state index contributed by atoms with van der Waals surface area (Å²) in [5.74, 6) is 1.39. The third-order valence-corrected chi connectivity index (χ3v) is 5.45. The Morgan fingerprint density at radius 2 is 1.92 bits per heavy atom. The summed E-state index contributed by atoms with van der Waals surface area (Å²) in [6.45, 7) is 2.73. The van der Waals surface area contributed by atoms with E-state index in [0.29, 0.717) is 18.3 Å². The van der Waals surface area contributed by atoms with Crippen LogP contribution >= 0.6 is 23.1 Å². The zero-order chi connectivity index (χ0) is 18.5. The average molecular weight is 389 g/mol. The molecule has 1 aromatic carbocycles. The molecule has 0 aliphatic carbocycles. The van der Waals surface area contributed by atoms with Gasteiger partial charge in [0.25, 0.3) is 0 Å². The predicted molar refractivity (Wildman–Crippen MR) is 107 cm³/mol. The van der Waals surface area contributed by atoms with Gasteiger partial charge >= 0.3 is 0 Å². The quantitative estimate of drug-likeness (QED) is 0.591. The molecule has 8 nitrogen and oxygen atoms in total. The van der Waals surface area contributed by atoms with Crippen LogP contribution < -0.4 is 16.0 Å². The van der Waals surface area contributed by atoms with Crippen LogP contribution in [-0.2, 0) is 6.54 Å². The van der Waals surface area contributed by atoms with Crippen LogP contribution in [0.4, 0.5) is 17.0 Å². The van der Waals surface area contributed by atoms with Gasteiger partial charge in [-0.3, -0.25) is 0 Å². The van der Waals surface area contributed by atoms with Gasteiger partial charge in [0.1, 0.15) is 5.82 Å². The maximum Gasteiger partial charge on any atom is 0.229 e. The van der Waals surface area contributed by atoms with Gasteiger partial charge < -0.3 is 16.0 Å². The molecular formula is C16H20N8S2. The van der Waals surface area contributed by atoms with Crippen LogP contribution in [0.5, 0.6) is 0 Å². The Bertz CT molecular complexity index is 852. The molecule has 0 aliphatic rings. The minimum absolute atomic E-state index is 0.0195. The van der Waals surface area contributed by atoms with Crippen molar-refractivity contribution in [2.75, 3.05) is 30.0 Å². The number of nitrogens with zero attached hydrogens (tertiary/aromatic N) is 6. The second-order valence-electron chi connectivity index (χ2n) is 5.72. The van der Waals surface area contributed by atoms with Gasteiger partial charge in [-0.25, -0.2) is 0 Å². The van der Waals surface area contributed by atoms with Crippen LogP contribution in [0.3, 0.4) is 0 Å². The molecule has 2 aromatic heterocycles. The first-order chi connectivity index (χ1) is 12.5. The SMILES string of the molecule is CC(Sc1nnc(NCc2ccccc2)s1)c1nc(N)nc(N(C)C)n1. The van der Waals surface area contributed by atoms with Gasteiger partial charge in [0, 0.05) is 20.6 Å². The van der Waals surface area contributed by atoms with Crippen LogP contribution in [0, 0.1) is 0 Å². The highest BCUT2D eigenvalue weighted by Gasteiger charge is 2.17. The monoisotopic (exact) mass is 388 g/mol. The Labute approximate surface area is 160 Å². The third-order valence-electron chi connectivity index (χ3n) is 3.39. The van der Waals surface area contributed by atoms with E-state index >= 15 is 0 Å². The van der Waals surface area contributed by atoms with E-state index in [9.17, 15) is 0 Å². The summed E-state index contributed by atoms with van der Waals surface area (Å²) in [6, 6.07) is 10.2. The number of aromatic nitrogens is 5. The Morgan fingerprint density at radius 1 is 1.15 bits per heavy atom. The molecule has 3 aromatic rings. The number of hydrogen-bond acceptors (Lipinski definition) is 10. The molecular weight excluding hydrogens is 368 g/mol. The zero-order valence-corrected chi connectivity index (χ0v) is 16.4. The van der Waals surface area contributed by atoms with E-state index in [1.54, 1.807) is 16.7 Å². The normalized spacial score (nSPS) is 12.0. The second-order valence-corrected chi connectivity index (χ2v) is 8.28. The van der Waals surface area contributed by atoms with E-state index in [4.69, 9.17) is 5.73 Å². The second kappa shape index (κ2) is 8.28. The molecule has 10 heteroatoms. The number of benzene rings is 1. The summed E-state index contributed by atoms with van der Waals surface area (Å²) in [6.07, 6.45) is 0. The van der Waals surface area contributed by atoms with Crippen molar-refractivity contribution < 1.29 is 0 Å². The van der Waals surface area contributed by atoms with Crippen molar-refractivity contribution in [3.63, 3.8) is 0 Å². The lowest BCUT2D eigenvalue weighted by atomic mass is 10.2. The summed E-state index contributed by atoms with van der Waals surface area (Å²) in [5.41, 5.74) is 6.99. The molecule has 1 atom stereocenters. The smallest absolute Gasteiger partial charge is 0.229 e. The molecule has 0 saturated heterocycles. The number of rotatable bonds is 7. The van der Waals surface area contributed by atoms with E-state index in [1.165, 1.54) is 16.9 Å². The summed E-state index contributed by atoms with van der Waals surface area (Å²) in [7, 11) is 3.73. The fourth-order valence-electron chi connectivity index (χ4n) is 2.09. The van der Waals surface area contributed by atoms with Gasteiger partial charge in [-0.15, -0.1) is 10.2 Å². The molecule has 3 N–H and O–H groups in total. The minimum Gasteiger partial charge on any atom is -0.368 e. The van der Waals surface area contributed by atoms with Crippen LogP contribution in [0.2, 0.25) is 0 Å². The molecule has 0 fully saturated rings. The van der Waals surface area contributed by atoms with Crippen LogP contribution in [0.1, 0.15) is 23.6 Å². The highest BCUT2D eigenvalue weighted by Crippen LogP contribution is 2.36. The first-order valence-electron chi connectivity index (χ1n) is 7.98. The summed E-state index contributed by atoms with van der Waals surface area (Å²) < 4.78 is 0.846. The Morgan fingerprint density at radius 3 is 2.65 bits per heavy atom. The minimum atomic E-state index is -0.0195. The van der Waals surface area contributed by atoms with Gasteiger partial charge in [-0.2, -0.15) is 15.0 Å². The van der Waals surface area contributed by atoms with E-state index in [0.717, 1.165) is 9.47 Å². The number of anilines is 3. The molecule has 1 unspecified atom stereocenters. The maximum atomic E-state index is 5.79. The Kier molecular flexibility index (Phi) is 5.84. The lowest BCUT2D eigenvalue weighted by Gasteiger charge is -2.13. The largest absolute Gasteiger partial charge is 0.368 e. The van der Waals surface area contributed by atoms with Crippen LogP contribution in [-0.4, -0.2) is 39.2 Å². The van der Waals surface area contributed by atoms with Crippen molar-refractivity contribution in [3.8, 4) is 0 Å². The van der Waals surface area contributed by atoms with Gasteiger partial charge in [0.05, 0.1) is 5.25 Å². The molecule has 26 heavy (non-hydrogen) atoms. The highest BCUT2D eigenvalue weighted by molar-refractivity contribution is 8.01. The number of hydrogen-bond donors (Lipinski definition) is 2. The predicted octanol–water partition coefficient (Wildman–Crippen LogP) is 2.84. The van der Waals surface area contributed by atoms with Gasteiger partial charge in [0.15, 0.2) is 4.34 Å². The Hall–Kier alpha value is -2.46.